The van der Waals surface area contributed by atoms with Crippen molar-refractivity contribution in [3.05, 3.63) is 83.4 Å². The molecule has 3 aromatic rings. The van der Waals surface area contributed by atoms with E-state index in [0.717, 1.165) is 22.4 Å². The summed E-state index contributed by atoms with van der Waals surface area (Å²) in [6.45, 7) is 1.75. The maximum atomic E-state index is 13.1. The van der Waals surface area contributed by atoms with Crippen molar-refractivity contribution < 1.29 is 18.0 Å². The Morgan fingerprint density at radius 3 is 2.28 bits per heavy atom. The first-order chi connectivity index (χ1) is 11.9. The van der Waals surface area contributed by atoms with Gasteiger partial charge in [0.15, 0.2) is 0 Å². The average molecular weight is 343 g/mol. The van der Waals surface area contributed by atoms with Crippen LogP contribution in [0.5, 0.6) is 0 Å². The third-order valence-corrected chi connectivity index (χ3v) is 4.10. The topological polar surface area (TPSA) is 29.1 Å². The van der Waals surface area contributed by atoms with Gasteiger partial charge in [-0.1, -0.05) is 48.5 Å². The molecule has 0 heterocycles. The molecule has 128 valence electrons. The van der Waals surface area contributed by atoms with Crippen LogP contribution < -0.4 is 5.32 Å². The molecular formula is C20H16F3NO. The molecule has 25 heavy (non-hydrogen) atoms. The van der Waals surface area contributed by atoms with Crippen molar-refractivity contribution in [2.45, 2.75) is 19.1 Å². The molecule has 5 heteroatoms. The van der Waals surface area contributed by atoms with Gasteiger partial charge in [-0.3, -0.25) is 4.79 Å². The number of amides is 1. The summed E-state index contributed by atoms with van der Waals surface area (Å²) in [5.41, 5.74) is -0.475. The van der Waals surface area contributed by atoms with E-state index in [-0.39, 0.29) is 5.56 Å². The monoisotopic (exact) mass is 343 g/mol. The van der Waals surface area contributed by atoms with Crippen LogP contribution in [0.2, 0.25) is 0 Å². The molecule has 2 nitrogen and oxygen atoms in total. The molecular weight excluding hydrogens is 327 g/mol. The van der Waals surface area contributed by atoms with Gasteiger partial charge < -0.3 is 5.32 Å². The molecule has 1 amide bonds. The van der Waals surface area contributed by atoms with Crippen LogP contribution in [0, 0.1) is 0 Å². The van der Waals surface area contributed by atoms with Gasteiger partial charge in [-0.15, -0.1) is 0 Å². The number of hydrogen-bond acceptors (Lipinski definition) is 1. The van der Waals surface area contributed by atoms with Crippen molar-refractivity contribution in [1.82, 2.24) is 5.32 Å². The molecule has 1 N–H and O–H groups in total. The number of halogens is 3. The van der Waals surface area contributed by atoms with E-state index in [2.05, 4.69) is 5.32 Å². The van der Waals surface area contributed by atoms with Gasteiger partial charge in [0.2, 0.25) is 0 Å². The number of carbonyl (C=O) groups excluding carboxylic acids is 1. The summed E-state index contributed by atoms with van der Waals surface area (Å²) in [6, 6.07) is 17.9. The van der Waals surface area contributed by atoms with E-state index in [4.69, 9.17) is 0 Å². The lowest BCUT2D eigenvalue weighted by Crippen LogP contribution is -2.28. The number of hydrogen-bond donors (Lipinski definition) is 1. The second kappa shape index (κ2) is 6.59. The minimum atomic E-state index is -4.57. The largest absolute Gasteiger partial charge is 0.417 e. The Balaban J connectivity index is 1.85. The standard InChI is InChI=1S/C20H16F3NO/c1-13(15-11-10-14-6-2-3-7-16(14)12-15)24-19(25)17-8-4-5-9-18(17)20(21,22)23/h2-13H,1H3,(H,24,25). The Kier molecular flexibility index (Phi) is 4.49. The van der Waals surface area contributed by atoms with Gasteiger partial charge in [0.1, 0.15) is 0 Å². The zero-order chi connectivity index (χ0) is 18.0. The summed E-state index contributed by atoms with van der Waals surface area (Å²) < 4.78 is 39.2. The smallest absolute Gasteiger partial charge is 0.346 e. The molecule has 1 unspecified atom stereocenters. The summed E-state index contributed by atoms with van der Waals surface area (Å²) in [6.07, 6.45) is -4.57. The third kappa shape index (κ3) is 3.65. The molecule has 0 aliphatic carbocycles. The lowest BCUT2D eigenvalue weighted by molar-refractivity contribution is -0.137. The Hall–Kier alpha value is -2.82. The van der Waals surface area contributed by atoms with E-state index in [0.29, 0.717) is 0 Å². The average Bonchev–Trinajstić information content (AvgIpc) is 2.60. The number of rotatable bonds is 3. The van der Waals surface area contributed by atoms with Crippen LogP contribution in [0.15, 0.2) is 66.7 Å². The first-order valence-electron chi connectivity index (χ1n) is 7.82. The minimum absolute atomic E-state index is 0.373. The molecule has 3 rings (SSSR count). The van der Waals surface area contributed by atoms with Crippen LogP contribution in [-0.2, 0) is 6.18 Å². The Labute approximate surface area is 143 Å². The maximum absolute atomic E-state index is 13.1. The van der Waals surface area contributed by atoms with Crippen molar-refractivity contribution in [2.75, 3.05) is 0 Å². The van der Waals surface area contributed by atoms with E-state index in [1.165, 1.54) is 18.2 Å². The van der Waals surface area contributed by atoms with E-state index < -0.39 is 23.7 Å². The van der Waals surface area contributed by atoms with E-state index in [9.17, 15) is 18.0 Å². The molecule has 1 atom stereocenters. The summed E-state index contributed by atoms with van der Waals surface area (Å²) in [4.78, 5) is 12.3. The second-order valence-electron chi connectivity index (χ2n) is 5.85. The zero-order valence-electron chi connectivity index (χ0n) is 13.5. The predicted octanol–water partition coefficient (Wildman–Crippen LogP) is 5.35. The Bertz CT molecular complexity index is 918. The predicted molar refractivity (Wildman–Crippen MR) is 91.3 cm³/mol. The van der Waals surface area contributed by atoms with Crippen LogP contribution in [0.3, 0.4) is 0 Å². The SMILES string of the molecule is CC(NC(=O)c1ccccc1C(F)(F)F)c1ccc2ccccc2c1. The van der Waals surface area contributed by atoms with Gasteiger partial charge in [-0.25, -0.2) is 0 Å². The number of alkyl halides is 3. The molecule has 3 aromatic carbocycles. The molecule has 0 aliphatic rings. The van der Waals surface area contributed by atoms with Crippen LogP contribution in [-0.4, -0.2) is 5.91 Å². The Morgan fingerprint density at radius 1 is 0.920 bits per heavy atom. The summed E-state index contributed by atoms with van der Waals surface area (Å²) in [5.74, 6) is -0.742. The van der Waals surface area contributed by atoms with Gasteiger partial charge >= 0.3 is 6.18 Å². The van der Waals surface area contributed by atoms with Crippen molar-refractivity contribution >= 4 is 16.7 Å². The third-order valence-electron chi connectivity index (χ3n) is 4.10. The van der Waals surface area contributed by atoms with Gasteiger partial charge in [0, 0.05) is 0 Å². The Morgan fingerprint density at radius 2 is 1.56 bits per heavy atom. The highest BCUT2D eigenvalue weighted by atomic mass is 19.4. The fourth-order valence-corrected chi connectivity index (χ4v) is 2.76. The zero-order valence-corrected chi connectivity index (χ0v) is 13.5. The van der Waals surface area contributed by atoms with Gasteiger partial charge in [0.25, 0.3) is 5.91 Å². The van der Waals surface area contributed by atoms with Gasteiger partial charge in [0.05, 0.1) is 17.2 Å². The van der Waals surface area contributed by atoms with Crippen molar-refractivity contribution in [3.8, 4) is 0 Å². The molecule has 0 saturated heterocycles. The number of benzene rings is 3. The summed E-state index contributed by atoms with van der Waals surface area (Å²) in [5, 5.41) is 4.72. The summed E-state index contributed by atoms with van der Waals surface area (Å²) in [7, 11) is 0. The molecule has 0 saturated carbocycles. The molecule has 0 bridgehead atoms. The molecule has 0 radical (unpaired) electrons. The highest BCUT2D eigenvalue weighted by molar-refractivity contribution is 5.96. The highest BCUT2D eigenvalue weighted by Crippen LogP contribution is 2.32. The van der Waals surface area contributed by atoms with Crippen molar-refractivity contribution in [2.24, 2.45) is 0 Å². The van der Waals surface area contributed by atoms with Crippen molar-refractivity contribution in [3.63, 3.8) is 0 Å². The number of fused-ring (bicyclic) bond motifs is 1. The van der Waals surface area contributed by atoms with Gasteiger partial charge in [-0.05, 0) is 41.5 Å². The lowest BCUT2D eigenvalue weighted by Gasteiger charge is -2.17. The van der Waals surface area contributed by atoms with Gasteiger partial charge in [-0.2, -0.15) is 13.2 Å². The quantitative estimate of drug-likeness (QED) is 0.682. The fourth-order valence-electron chi connectivity index (χ4n) is 2.76. The molecule has 0 spiro atoms. The van der Waals surface area contributed by atoms with E-state index in [1.54, 1.807) is 6.92 Å². The van der Waals surface area contributed by atoms with Crippen LogP contribution >= 0.6 is 0 Å². The first-order valence-corrected chi connectivity index (χ1v) is 7.82. The second-order valence-corrected chi connectivity index (χ2v) is 5.85. The molecule has 0 aliphatic heterocycles. The number of nitrogens with one attached hydrogen (secondary N) is 1. The maximum Gasteiger partial charge on any atom is 0.417 e. The highest BCUT2D eigenvalue weighted by Gasteiger charge is 2.35. The minimum Gasteiger partial charge on any atom is -0.346 e. The van der Waals surface area contributed by atoms with E-state index in [1.807, 2.05) is 42.5 Å². The summed E-state index contributed by atoms with van der Waals surface area (Å²) >= 11 is 0. The molecule has 0 fully saturated rings. The van der Waals surface area contributed by atoms with E-state index >= 15 is 0 Å². The number of carbonyl (C=O) groups is 1. The van der Waals surface area contributed by atoms with Crippen molar-refractivity contribution in [1.29, 1.82) is 0 Å². The fraction of sp³-hybridized carbons (Fsp3) is 0.150. The normalized spacial score (nSPS) is 12.8. The van der Waals surface area contributed by atoms with Crippen LogP contribution in [0.4, 0.5) is 13.2 Å². The lowest BCUT2D eigenvalue weighted by atomic mass is 10.0. The van der Waals surface area contributed by atoms with Crippen LogP contribution in [0.25, 0.3) is 10.8 Å². The first kappa shape index (κ1) is 17.0. The molecule has 0 aromatic heterocycles. The van der Waals surface area contributed by atoms with Crippen LogP contribution in [0.1, 0.15) is 34.5 Å².